The number of amides is 1. The number of carbonyl (C=O) groups excluding carboxylic acids is 1. The van der Waals surface area contributed by atoms with Crippen molar-refractivity contribution in [1.29, 1.82) is 0 Å². The summed E-state index contributed by atoms with van der Waals surface area (Å²) < 4.78 is 5.61. The largest absolute Gasteiger partial charge is 0.494 e. The number of ether oxygens (including phenoxy) is 1. The van der Waals surface area contributed by atoms with E-state index in [4.69, 9.17) is 4.74 Å². The molecule has 0 unspecified atom stereocenters. The Hall–Kier alpha value is -2.79. The number of likely N-dealkylation sites (N-methyl/N-ethyl adjacent to an activating group) is 1. The third kappa shape index (κ3) is 4.36. The van der Waals surface area contributed by atoms with E-state index >= 15 is 0 Å². The van der Waals surface area contributed by atoms with Crippen molar-refractivity contribution < 1.29 is 9.53 Å². The van der Waals surface area contributed by atoms with Gasteiger partial charge in [0.05, 0.1) is 6.61 Å². The highest BCUT2D eigenvalue weighted by molar-refractivity contribution is 5.86. The zero-order chi connectivity index (χ0) is 20.9. The molecule has 1 aliphatic heterocycles. The van der Waals surface area contributed by atoms with Crippen LogP contribution in [0.4, 0.5) is 0 Å². The van der Waals surface area contributed by atoms with Gasteiger partial charge < -0.3 is 19.5 Å². The number of H-pyrrole nitrogens is 1. The minimum Gasteiger partial charge on any atom is -0.494 e. The molecule has 158 valence electrons. The molecule has 4 rings (SSSR count). The molecule has 1 saturated heterocycles. The topological polar surface area (TPSA) is 48.6 Å². The van der Waals surface area contributed by atoms with Gasteiger partial charge in [-0.3, -0.25) is 4.79 Å². The molecule has 2 heterocycles. The van der Waals surface area contributed by atoms with Crippen LogP contribution >= 0.6 is 0 Å². The van der Waals surface area contributed by atoms with Gasteiger partial charge >= 0.3 is 0 Å². The molecule has 0 aliphatic carbocycles. The summed E-state index contributed by atoms with van der Waals surface area (Å²) in [5.74, 6) is 1.10. The van der Waals surface area contributed by atoms with Gasteiger partial charge in [-0.15, -0.1) is 0 Å². The molecule has 2 aromatic carbocycles. The standard InChI is InChI=1S/C25H31N3O2/c1-3-27-13-15-28(16-14-27)25(29)17-22(19-9-11-20(12-10-19)30-4-2)23-18-26-24-8-6-5-7-21(23)24/h5-12,18,22,26H,3-4,13-17H2,1-2H3/t22-/m0/s1. The van der Waals surface area contributed by atoms with Gasteiger partial charge in [0.15, 0.2) is 0 Å². The fourth-order valence-electron chi connectivity index (χ4n) is 4.37. The highest BCUT2D eigenvalue weighted by atomic mass is 16.5. The van der Waals surface area contributed by atoms with Gasteiger partial charge in [0.2, 0.25) is 5.91 Å². The van der Waals surface area contributed by atoms with E-state index < -0.39 is 0 Å². The fourth-order valence-corrected chi connectivity index (χ4v) is 4.37. The average molecular weight is 406 g/mol. The van der Waals surface area contributed by atoms with E-state index in [0.29, 0.717) is 13.0 Å². The maximum Gasteiger partial charge on any atom is 0.223 e. The normalized spacial score (nSPS) is 16.0. The molecular weight excluding hydrogens is 374 g/mol. The Morgan fingerprint density at radius 3 is 2.47 bits per heavy atom. The van der Waals surface area contributed by atoms with Crippen molar-refractivity contribution in [3.63, 3.8) is 0 Å². The third-order valence-corrected chi connectivity index (χ3v) is 6.14. The third-order valence-electron chi connectivity index (χ3n) is 6.14. The summed E-state index contributed by atoms with van der Waals surface area (Å²) in [6, 6.07) is 16.5. The van der Waals surface area contributed by atoms with Crippen LogP contribution in [0.15, 0.2) is 54.7 Å². The van der Waals surface area contributed by atoms with Gasteiger partial charge in [-0.25, -0.2) is 0 Å². The number of piperazine rings is 1. The molecule has 3 aromatic rings. The first kappa shape index (κ1) is 20.5. The lowest BCUT2D eigenvalue weighted by Gasteiger charge is -2.34. The van der Waals surface area contributed by atoms with Crippen molar-refractivity contribution >= 4 is 16.8 Å². The summed E-state index contributed by atoms with van der Waals surface area (Å²) in [7, 11) is 0. The maximum atomic E-state index is 13.3. The van der Waals surface area contributed by atoms with E-state index in [1.807, 2.05) is 30.0 Å². The van der Waals surface area contributed by atoms with Crippen LogP contribution in [0.1, 0.15) is 37.3 Å². The highest BCUT2D eigenvalue weighted by Gasteiger charge is 2.26. The van der Waals surface area contributed by atoms with Crippen LogP contribution in [0.25, 0.3) is 10.9 Å². The number of para-hydroxylation sites is 1. The van der Waals surface area contributed by atoms with Gasteiger partial charge in [-0.2, -0.15) is 0 Å². The summed E-state index contributed by atoms with van der Waals surface area (Å²) >= 11 is 0. The number of benzene rings is 2. The molecule has 5 heteroatoms. The second-order valence-corrected chi connectivity index (χ2v) is 7.86. The molecule has 5 nitrogen and oxygen atoms in total. The van der Waals surface area contributed by atoms with Gasteiger partial charge in [-0.05, 0) is 42.8 Å². The first-order valence-electron chi connectivity index (χ1n) is 11.0. The first-order valence-corrected chi connectivity index (χ1v) is 11.0. The Labute approximate surface area is 178 Å². The van der Waals surface area contributed by atoms with Crippen LogP contribution in [-0.4, -0.2) is 60.0 Å². The number of fused-ring (bicyclic) bond motifs is 1. The number of hydrogen-bond donors (Lipinski definition) is 1. The van der Waals surface area contributed by atoms with Crippen molar-refractivity contribution in [2.24, 2.45) is 0 Å². The van der Waals surface area contributed by atoms with E-state index in [9.17, 15) is 4.79 Å². The molecule has 1 aromatic heterocycles. The SMILES string of the molecule is CCOc1ccc([C@H](CC(=O)N2CCN(CC)CC2)c2c[nH]c3ccccc23)cc1. The number of aromatic nitrogens is 1. The molecule has 1 aliphatic rings. The molecular formula is C25H31N3O2. The molecule has 1 atom stereocenters. The van der Waals surface area contributed by atoms with Crippen molar-refractivity contribution in [1.82, 2.24) is 14.8 Å². The van der Waals surface area contributed by atoms with E-state index in [1.54, 1.807) is 0 Å². The zero-order valence-corrected chi connectivity index (χ0v) is 17.9. The monoisotopic (exact) mass is 405 g/mol. The highest BCUT2D eigenvalue weighted by Crippen LogP contribution is 2.34. The predicted molar refractivity (Wildman–Crippen MR) is 121 cm³/mol. The Bertz CT molecular complexity index is 971. The Balaban J connectivity index is 1.61. The van der Waals surface area contributed by atoms with Gasteiger partial charge in [0.1, 0.15) is 5.75 Å². The van der Waals surface area contributed by atoms with Gasteiger partial charge in [0, 0.05) is 55.6 Å². The number of nitrogens with one attached hydrogen (secondary N) is 1. The second kappa shape index (κ2) is 9.35. The minimum absolute atomic E-state index is 0.00790. The smallest absolute Gasteiger partial charge is 0.223 e. The lowest BCUT2D eigenvalue weighted by molar-refractivity contribution is -0.133. The number of aromatic amines is 1. The fraction of sp³-hybridized carbons (Fsp3) is 0.400. The number of carbonyl (C=O) groups is 1. The van der Waals surface area contributed by atoms with Crippen LogP contribution in [0.5, 0.6) is 5.75 Å². The molecule has 0 saturated carbocycles. The number of hydrogen-bond acceptors (Lipinski definition) is 3. The van der Waals surface area contributed by atoms with Crippen molar-refractivity contribution in [2.75, 3.05) is 39.3 Å². The van der Waals surface area contributed by atoms with Crippen molar-refractivity contribution in [3.05, 3.63) is 65.9 Å². The summed E-state index contributed by atoms with van der Waals surface area (Å²) in [5, 5.41) is 1.18. The van der Waals surface area contributed by atoms with E-state index in [0.717, 1.165) is 49.6 Å². The zero-order valence-electron chi connectivity index (χ0n) is 17.9. The predicted octanol–water partition coefficient (Wildman–Crippen LogP) is 4.25. The van der Waals surface area contributed by atoms with Crippen LogP contribution in [0.3, 0.4) is 0 Å². The van der Waals surface area contributed by atoms with E-state index in [-0.39, 0.29) is 11.8 Å². The van der Waals surface area contributed by atoms with Crippen molar-refractivity contribution in [2.45, 2.75) is 26.2 Å². The minimum atomic E-state index is 0.00790. The van der Waals surface area contributed by atoms with Gasteiger partial charge in [0.25, 0.3) is 0 Å². The number of nitrogens with zero attached hydrogens (tertiary/aromatic N) is 2. The van der Waals surface area contributed by atoms with Crippen LogP contribution < -0.4 is 4.74 Å². The van der Waals surface area contributed by atoms with E-state index in [2.05, 4.69) is 53.3 Å². The number of rotatable bonds is 7. The van der Waals surface area contributed by atoms with Crippen LogP contribution in [0, 0.1) is 0 Å². The van der Waals surface area contributed by atoms with Crippen LogP contribution in [0.2, 0.25) is 0 Å². The molecule has 1 N–H and O–H groups in total. The molecule has 30 heavy (non-hydrogen) atoms. The lowest BCUT2D eigenvalue weighted by Crippen LogP contribution is -2.48. The maximum absolute atomic E-state index is 13.3. The quantitative estimate of drug-likeness (QED) is 0.639. The molecule has 0 radical (unpaired) electrons. The first-order chi connectivity index (χ1) is 14.7. The summed E-state index contributed by atoms with van der Waals surface area (Å²) in [6.45, 7) is 9.41. The Morgan fingerprint density at radius 2 is 1.77 bits per heavy atom. The summed E-state index contributed by atoms with van der Waals surface area (Å²) in [5.41, 5.74) is 3.42. The lowest BCUT2D eigenvalue weighted by atomic mass is 9.87. The molecule has 0 bridgehead atoms. The summed E-state index contributed by atoms with van der Waals surface area (Å²) in [6.07, 6.45) is 2.54. The molecule has 1 amide bonds. The van der Waals surface area contributed by atoms with E-state index in [1.165, 1.54) is 10.9 Å². The average Bonchev–Trinajstić information content (AvgIpc) is 3.22. The molecule has 1 fully saturated rings. The summed E-state index contributed by atoms with van der Waals surface area (Å²) in [4.78, 5) is 21.1. The van der Waals surface area contributed by atoms with Gasteiger partial charge in [-0.1, -0.05) is 37.3 Å². The van der Waals surface area contributed by atoms with Crippen molar-refractivity contribution in [3.8, 4) is 5.75 Å². The van der Waals surface area contributed by atoms with Crippen LogP contribution in [-0.2, 0) is 4.79 Å². The Kier molecular flexibility index (Phi) is 6.38. The second-order valence-electron chi connectivity index (χ2n) is 7.86. The Morgan fingerprint density at radius 1 is 1.03 bits per heavy atom. The molecule has 0 spiro atoms.